The maximum Gasteiger partial charge on any atom is 0.137 e. The van der Waals surface area contributed by atoms with Crippen LogP contribution in [0.25, 0.3) is 0 Å². The van der Waals surface area contributed by atoms with Crippen LogP contribution in [0, 0.1) is 6.92 Å². The monoisotopic (exact) mass is 313 g/mol. The lowest BCUT2D eigenvalue weighted by Crippen LogP contribution is -2.19. The highest BCUT2D eigenvalue weighted by Crippen LogP contribution is 2.32. The molecule has 112 valence electrons. The second-order valence-corrected chi connectivity index (χ2v) is 7.32. The summed E-state index contributed by atoms with van der Waals surface area (Å²) in [5.41, 5.74) is 0.970. The van der Waals surface area contributed by atoms with E-state index >= 15 is 0 Å². The van der Waals surface area contributed by atoms with Crippen LogP contribution in [0.3, 0.4) is 0 Å². The molecule has 1 aromatic heterocycles. The maximum absolute atomic E-state index is 6.22. The molecule has 0 bridgehead atoms. The molecule has 0 spiro atoms. The molecule has 1 heterocycles. The summed E-state index contributed by atoms with van der Waals surface area (Å²) in [4.78, 5) is 9.00. The van der Waals surface area contributed by atoms with Crippen LogP contribution in [0.5, 0.6) is 0 Å². The zero-order valence-electron chi connectivity index (χ0n) is 12.6. The van der Waals surface area contributed by atoms with Crippen molar-refractivity contribution in [3.05, 3.63) is 16.5 Å². The predicted octanol–water partition coefficient (Wildman–Crippen LogP) is 4.48. The summed E-state index contributed by atoms with van der Waals surface area (Å²) in [6.45, 7) is 6.36. The molecule has 5 heteroatoms. The number of hydrogen-bond donors (Lipinski definition) is 1. The van der Waals surface area contributed by atoms with Crippen molar-refractivity contribution in [1.29, 1.82) is 0 Å². The van der Waals surface area contributed by atoms with Crippen LogP contribution < -0.4 is 5.32 Å². The van der Waals surface area contributed by atoms with Gasteiger partial charge >= 0.3 is 0 Å². The highest BCUT2D eigenvalue weighted by Gasteiger charge is 2.25. The number of nitrogens with zero attached hydrogens (tertiary/aromatic N) is 2. The molecular weight excluding hydrogens is 290 g/mol. The van der Waals surface area contributed by atoms with E-state index in [-0.39, 0.29) is 0 Å². The number of anilines is 1. The van der Waals surface area contributed by atoms with Crippen LogP contribution in [-0.4, -0.2) is 27.0 Å². The molecule has 1 N–H and O–H groups in total. The van der Waals surface area contributed by atoms with Gasteiger partial charge in [0.15, 0.2) is 0 Å². The Morgan fingerprint density at radius 3 is 2.80 bits per heavy atom. The number of thioether (sulfide) groups is 1. The molecule has 1 aromatic rings. The second-order valence-electron chi connectivity index (χ2n) is 5.39. The van der Waals surface area contributed by atoms with Crippen LogP contribution >= 0.6 is 23.4 Å². The van der Waals surface area contributed by atoms with E-state index in [1.807, 2.05) is 6.92 Å². The summed E-state index contributed by atoms with van der Waals surface area (Å²) in [6.07, 6.45) is 5.67. The van der Waals surface area contributed by atoms with Gasteiger partial charge in [-0.15, -0.1) is 0 Å². The highest BCUT2D eigenvalue weighted by molar-refractivity contribution is 7.99. The van der Waals surface area contributed by atoms with Crippen molar-refractivity contribution >= 4 is 29.2 Å². The first-order valence-corrected chi connectivity index (χ1v) is 8.97. The quantitative estimate of drug-likeness (QED) is 0.786. The van der Waals surface area contributed by atoms with Gasteiger partial charge in [-0.2, -0.15) is 11.8 Å². The Labute approximate surface area is 131 Å². The Balaban J connectivity index is 2.05. The fourth-order valence-corrected chi connectivity index (χ4v) is 3.99. The van der Waals surface area contributed by atoms with Crippen molar-refractivity contribution in [3.63, 3.8) is 0 Å². The number of nitrogens with one attached hydrogen (secondary N) is 1. The number of aromatic nitrogens is 2. The minimum absolute atomic E-state index is 0.526. The molecule has 0 aliphatic heterocycles. The van der Waals surface area contributed by atoms with E-state index in [1.54, 1.807) is 0 Å². The number of rotatable bonds is 6. The van der Waals surface area contributed by atoms with Gasteiger partial charge in [-0.3, -0.25) is 0 Å². The standard InChI is InChI=1S/C15H24ClN3S/c1-4-6-13-18-14(16)10(3)15(19-13)17-11-7-8-12(9-11)20-5-2/h11-12H,4-9H2,1-3H3,(H,17,18,19). The average Bonchev–Trinajstić information content (AvgIpc) is 2.84. The van der Waals surface area contributed by atoms with Crippen LogP contribution in [0.4, 0.5) is 5.82 Å². The van der Waals surface area contributed by atoms with Crippen LogP contribution in [0.1, 0.15) is 50.9 Å². The van der Waals surface area contributed by atoms with E-state index in [2.05, 4.69) is 40.9 Å². The largest absolute Gasteiger partial charge is 0.367 e. The Hall–Kier alpha value is -0.480. The number of halogens is 1. The topological polar surface area (TPSA) is 37.8 Å². The molecule has 0 saturated heterocycles. The molecular formula is C15H24ClN3S. The van der Waals surface area contributed by atoms with E-state index < -0.39 is 0 Å². The van der Waals surface area contributed by atoms with Crippen molar-refractivity contribution < 1.29 is 0 Å². The van der Waals surface area contributed by atoms with Crippen molar-refractivity contribution in [2.45, 2.75) is 64.2 Å². The molecule has 2 rings (SSSR count). The van der Waals surface area contributed by atoms with E-state index in [1.165, 1.54) is 25.0 Å². The summed E-state index contributed by atoms with van der Waals surface area (Å²) in [7, 11) is 0. The van der Waals surface area contributed by atoms with Crippen LogP contribution in [-0.2, 0) is 6.42 Å². The molecule has 3 nitrogen and oxygen atoms in total. The summed E-state index contributed by atoms with van der Waals surface area (Å²) in [6, 6.07) is 0.526. The Morgan fingerprint density at radius 1 is 1.30 bits per heavy atom. The van der Waals surface area contributed by atoms with E-state index in [4.69, 9.17) is 11.6 Å². The summed E-state index contributed by atoms with van der Waals surface area (Å²) in [5.74, 6) is 2.99. The zero-order chi connectivity index (χ0) is 14.5. The van der Waals surface area contributed by atoms with E-state index in [9.17, 15) is 0 Å². The molecule has 0 aromatic carbocycles. The summed E-state index contributed by atoms with van der Waals surface area (Å²) in [5, 5.41) is 4.97. The fraction of sp³-hybridized carbons (Fsp3) is 0.733. The molecule has 2 atom stereocenters. The van der Waals surface area contributed by atoms with Crippen LogP contribution in [0.15, 0.2) is 0 Å². The minimum atomic E-state index is 0.526. The normalized spacial score (nSPS) is 22.2. The third-order valence-corrected chi connectivity index (χ3v) is 5.33. The summed E-state index contributed by atoms with van der Waals surface area (Å²) >= 11 is 8.30. The molecule has 20 heavy (non-hydrogen) atoms. The van der Waals surface area contributed by atoms with Gasteiger partial charge in [0, 0.05) is 23.3 Å². The first-order chi connectivity index (χ1) is 9.63. The van der Waals surface area contributed by atoms with Crippen molar-refractivity contribution in [3.8, 4) is 0 Å². The summed E-state index contributed by atoms with van der Waals surface area (Å²) < 4.78 is 0. The zero-order valence-corrected chi connectivity index (χ0v) is 14.2. The van der Waals surface area contributed by atoms with Crippen molar-refractivity contribution in [2.24, 2.45) is 0 Å². The van der Waals surface area contributed by atoms with E-state index in [0.717, 1.165) is 35.3 Å². The first-order valence-electron chi connectivity index (χ1n) is 7.55. The number of hydrogen-bond acceptors (Lipinski definition) is 4. The molecule has 1 aliphatic carbocycles. The molecule has 1 fully saturated rings. The SMILES string of the molecule is CCCc1nc(Cl)c(C)c(NC2CCC(SCC)C2)n1. The molecule has 0 amide bonds. The van der Waals surface area contributed by atoms with Crippen LogP contribution in [0.2, 0.25) is 5.15 Å². The number of aryl methyl sites for hydroxylation is 1. The lowest BCUT2D eigenvalue weighted by molar-refractivity contribution is 0.743. The molecule has 1 saturated carbocycles. The Bertz CT molecular complexity index is 453. The average molecular weight is 314 g/mol. The van der Waals surface area contributed by atoms with Gasteiger partial charge in [0.25, 0.3) is 0 Å². The molecule has 1 aliphatic rings. The molecule has 2 unspecified atom stereocenters. The van der Waals surface area contributed by atoms with Gasteiger partial charge in [0.1, 0.15) is 16.8 Å². The smallest absolute Gasteiger partial charge is 0.137 e. The van der Waals surface area contributed by atoms with Gasteiger partial charge in [-0.25, -0.2) is 9.97 Å². The minimum Gasteiger partial charge on any atom is -0.367 e. The molecule has 0 radical (unpaired) electrons. The van der Waals surface area contributed by atoms with Gasteiger partial charge in [-0.05, 0) is 38.4 Å². The fourth-order valence-electron chi connectivity index (χ4n) is 2.66. The van der Waals surface area contributed by atoms with Gasteiger partial charge in [-0.1, -0.05) is 25.4 Å². The highest BCUT2D eigenvalue weighted by atomic mass is 35.5. The lowest BCUT2D eigenvalue weighted by Gasteiger charge is -2.16. The van der Waals surface area contributed by atoms with Crippen molar-refractivity contribution in [1.82, 2.24) is 9.97 Å². The Morgan fingerprint density at radius 2 is 2.10 bits per heavy atom. The second kappa shape index (κ2) is 7.51. The van der Waals surface area contributed by atoms with Gasteiger partial charge in [0.2, 0.25) is 0 Å². The maximum atomic E-state index is 6.22. The predicted molar refractivity (Wildman–Crippen MR) is 89.0 cm³/mol. The third-order valence-electron chi connectivity index (χ3n) is 3.73. The van der Waals surface area contributed by atoms with Gasteiger partial charge in [0.05, 0.1) is 0 Å². The van der Waals surface area contributed by atoms with Crippen molar-refractivity contribution in [2.75, 3.05) is 11.1 Å². The Kier molecular flexibility index (Phi) is 5.97. The van der Waals surface area contributed by atoms with Gasteiger partial charge < -0.3 is 5.32 Å². The third kappa shape index (κ3) is 4.01. The van der Waals surface area contributed by atoms with E-state index in [0.29, 0.717) is 11.2 Å². The first kappa shape index (κ1) is 15.9. The lowest BCUT2D eigenvalue weighted by atomic mass is 10.2.